The Morgan fingerprint density at radius 3 is 2.04 bits per heavy atom. The summed E-state index contributed by atoms with van der Waals surface area (Å²) in [5, 5.41) is 5.26. The second-order valence-electron chi connectivity index (χ2n) is 12.1. The third-order valence-electron chi connectivity index (χ3n) is 9.19. The minimum atomic E-state index is 0.607. The molecule has 10 aromatic rings. The van der Waals surface area contributed by atoms with Gasteiger partial charge in [-0.2, -0.15) is 0 Å². The maximum Gasteiger partial charge on any atom is 0.227 e. The average molecular weight is 628 g/mol. The molecule has 0 N–H and O–H groups in total. The van der Waals surface area contributed by atoms with Crippen LogP contribution in [0.3, 0.4) is 0 Å². The number of rotatable bonds is 4. The quantitative estimate of drug-likeness (QED) is 0.181. The van der Waals surface area contributed by atoms with E-state index in [-0.39, 0.29) is 0 Å². The van der Waals surface area contributed by atoms with Crippen molar-refractivity contribution in [3.63, 3.8) is 0 Å². The van der Waals surface area contributed by atoms with E-state index in [2.05, 4.69) is 77.8 Å². The second kappa shape index (κ2) is 10.9. The minimum absolute atomic E-state index is 0.607. The van der Waals surface area contributed by atoms with Crippen LogP contribution in [0.4, 0.5) is 0 Å². The molecular weight excluding hydrogens is 603 g/mol. The van der Waals surface area contributed by atoms with Gasteiger partial charge in [-0.25, -0.2) is 15.0 Å². The molecule has 0 spiro atoms. The van der Waals surface area contributed by atoms with Crippen LogP contribution in [0.25, 0.3) is 99.8 Å². The van der Waals surface area contributed by atoms with E-state index in [0.717, 1.165) is 93.9 Å². The highest BCUT2D eigenvalue weighted by atomic mass is 16.3. The van der Waals surface area contributed by atoms with Gasteiger partial charge in [0.25, 0.3) is 0 Å². The molecule has 0 radical (unpaired) electrons. The summed E-state index contributed by atoms with van der Waals surface area (Å²) in [6.45, 7) is 0. The highest BCUT2D eigenvalue weighted by Crippen LogP contribution is 2.38. The molecule has 0 aliphatic rings. The maximum absolute atomic E-state index is 6.25. The number of aromatic nitrogens is 5. The van der Waals surface area contributed by atoms with Gasteiger partial charge in [0.15, 0.2) is 5.58 Å². The predicted molar refractivity (Wildman–Crippen MR) is 197 cm³/mol. The van der Waals surface area contributed by atoms with E-state index in [1.165, 1.54) is 0 Å². The first-order valence-electron chi connectivity index (χ1n) is 16.2. The summed E-state index contributed by atoms with van der Waals surface area (Å²) in [6, 6.07) is 47.2. The van der Waals surface area contributed by atoms with Crippen molar-refractivity contribution in [3.8, 4) is 45.2 Å². The number of hydrogen-bond donors (Lipinski definition) is 0. The number of hydrogen-bond acceptors (Lipinski definition) is 6. The highest BCUT2D eigenvalue weighted by Gasteiger charge is 2.18. The van der Waals surface area contributed by atoms with Crippen molar-refractivity contribution in [1.29, 1.82) is 0 Å². The van der Waals surface area contributed by atoms with E-state index >= 15 is 0 Å². The zero-order chi connectivity index (χ0) is 32.3. The third-order valence-corrected chi connectivity index (χ3v) is 9.19. The van der Waals surface area contributed by atoms with Crippen LogP contribution in [0.2, 0.25) is 0 Å². The van der Waals surface area contributed by atoms with Crippen LogP contribution in [-0.4, -0.2) is 24.9 Å². The van der Waals surface area contributed by atoms with E-state index in [1.807, 2.05) is 79.1 Å². The number of nitrogens with zero attached hydrogens (tertiary/aromatic N) is 5. The average Bonchev–Trinajstić information content (AvgIpc) is 3.63. The van der Waals surface area contributed by atoms with E-state index < -0.39 is 0 Å². The fraction of sp³-hybridized carbons (Fsp3) is 0. The number of oxazole rings is 1. The second-order valence-corrected chi connectivity index (χ2v) is 12.1. The summed E-state index contributed by atoms with van der Waals surface area (Å²) in [7, 11) is 0. The summed E-state index contributed by atoms with van der Waals surface area (Å²) < 4.78 is 6.25. The monoisotopic (exact) mass is 627 g/mol. The van der Waals surface area contributed by atoms with Gasteiger partial charge in [0.2, 0.25) is 5.89 Å². The Balaban J connectivity index is 1.02. The van der Waals surface area contributed by atoms with Gasteiger partial charge in [-0.3, -0.25) is 9.97 Å². The molecule has 228 valence electrons. The Labute approximate surface area is 280 Å². The van der Waals surface area contributed by atoms with Crippen molar-refractivity contribution in [3.05, 3.63) is 152 Å². The van der Waals surface area contributed by atoms with Crippen LogP contribution in [0.1, 0.15) is 0 Å². The van der Waals surface area contributed by atoms with Crippen molar-refractivity contribution < 1.29 is 4.42 Å². The van der Waals surface area contributed by atoms with E-state index in [9.17, 15) is 0 Å². The van der Waals surface area contributed by atoms with Crippen LogP contribution >= 0.6 is 0 Å². The zero-order valence-electron chi connectivity index (χ0n) is 26.1. The zero-order valence-corrected chi connectivity index (χ0v) is 26.1. The maximum atomic E-state index is 6.25. The topological polar surface area (TPSA) is 77.6 Å². The van der Waals surface area contributed by atoms with Gasteiger partial charge in [0.1, 0.15) is 5.52 Å². The minimum Gasteiger partial charge on any atom is -0.436 e. The molecule has 0 atom stereocenters. The number of benzene rings is 5. The largest absolute Gasteiger partial charge is 0.436 e. The first-order valence-corrected chi connectivity index (χ1v) is 16.2. The summed E-state index contributed by atoms with van der Waals surface area (Å²) in [5.41, 5.74) is 10.9. The van der Waals surface area contributed by atoms with Gasteiger partial charge in [0, 0.05) is 61.6 Å². The Kier molecular flexibility index (Phi) is 6.08. The van der Waals surface area contributed by atoms with Crippen molar-refractivity contribution in [2.75, 3.05) is 0 Å². The lowest BCUT2D eigenvalue weighted by atomic mass is 9.98. The van der Waals surface area contributed by atoms with Gasteiger partial charge in [0.05, 0.1) is 33.6 Å². The Hall–Kier alpha value is -6.79. The highest BCUT2D eigenvalue weighted by molar-refractivity contribution is 6.20. The van der Waals surface area contributed by atoms with E-state index in [0.29, 0.717) is 5.89 Å². The summed E-state index contributed by atoms with van der Waals surface area (Å²) in [6.07, 6.45) is 3.70. The molecule has 10 rings (SSSR count). The molecule has 0 aliphatic heterocycles. The molecule has 6 heteroatoms. The molecule has 0 unspecified atom stereocenters. The summed E-state index contributed by atoms with van der Waals surface area (Å²) in [4.78, 5) is 24.6. The van der Waals surface area contributed by atoms with Crippen LogP contribution in [0.15, 0.2) is 156 Å². The lowest BCUT2D eigenvalue weighted by molar-refractivity contribution is 0.620. The van der Waals surface area contributed by atoms with Gasteiger partial charge < -0.3 is 4.42 Å². The molecule has 6 nitrogen and oxygen atoms in total. The van der Waals surface area contributed by atoms with E-state index in [4.69, 9.17) is 24.4 Å². The number of fused-ring (bicyclic) bond motifs is 8. The van der Waals surface area contributed by atoms with Crippen molar-refractivity contribution in [1.82, 2.24) is 24.9 Å². The number of pyridine rings is 4. The fourth-order valence-corrected chi connectivity index (χ4v) is 6.75. The molecule has 49 heavy (non-hydrogen) atoms. The SMILES string of the molecule is c1ccc(-c2nc3c(ccc4c(-c5ccc(-c6ccc(-c7ccc8ccc9cccnc9c8n7)cn6)cc5)nc5ccccc5c43)o2)cc1. The molecular formula is C43H25N5O. The van der Waals surface area contributed by atoms with Crippen molar-refractivity contribution in [2.24, 2.45) is 0 Å². The third kappa shape index (κ3) is 4.53. The van der Waals surface area contributed by atoms with Gasteiger partial charge in [-0.05, 0) is 54.6 Å². The molecule has 0 saturated carbocycles. The first kappa shape index (κ1) is 27.3. The van der Waals surface area contributed by atoms with Gasteiger partial charge >= 0.3 is 0 Å². The Morgan fingerprint density at radius 1 is 0.429 bits per heavy atom. The molecule has 0 amide bonds. The van der Waals surface area contributed by atoms with E-state index in [1.54, 1.807) is 0 Å². The lowest BCUT2D eigenvalue weighted by Crippen LogP contribution is -1.92. The molecule has 0 fully saturated rings. The van der Waals surface area contributed by atoms with Crippen molar-refractivity contribution >= 4 is 54.6 Å². The molecule has 5 heterocycles. The van der Waals surface area contributed by atoms with Crippen LogP contribution in [0, 0.1) is 0 Å². The standard InChI is InChI=1S/C43H25N5O/c1-2-7-30(8-3-1)43-48-42-37(49-43)23-20-33-38(42)32-10-4-5-11-36(32)47-39(33)28-14-12-26(13-15-28)34-21-19-31(25-45-34)35-22-18-29-17-16-27-9-6-24-44-40(27)41(29)46-35/h1-25H. The van der Waals surface area contributed by atoms with Crippen LogP contribution in [0.5, 0.6) is 0 Å². The van der Waals surface area contributed by atoms with Crippen LogP contribution in [-0.2, 0) is 0 Å². The predicted octanol–water partition coefficient (Wildman–Crippen LogP) is 10.7. The van der Waals surface area contributed by atoms with Crippen LogP contribution < -0.4 is 0 Å². The molecule has 0 bridgehead atoms. The molecule has 5 aromatic heterocycles. The smallest absolute Gasteiger partial charge is 0.227 e. The molecule has 0 saturated heterocycles. The lowest BCUT2D eigenvalue weighted by Gasteiger charge is -2.11. The first-order chi connectivity index (χ1) is 24.3. The normalized spacial score (nSPS) is 11.7. The molecule has 5 aromatic carbocycles. The Morgan fingerprint density at radius 2 is 1.18 bits per heavy atom. The van der Waals surface area contributed by atoms with Gasteiger partial charge in [-0.15, -0.1) is 0 Å². The molecule has 0 aliphatic carbocycles. The number of para-hydroxylation sites is 1. The summed E-state index contributed by atoms with van der Waals surface area (Å²) in [5.74, 6) is 0.607. The van der Waals surface area contributed by atoms with Crippen molar-refractivity contribution in [2.45, 2.75) is 0 Å². The summed E-state index contributed by atoms with van der Waals surface area (Å²) >= 11 is 0. The fourth-order valence-electron chi connectivity index (χ4n) is 6.75. The Bertz CT molecular complexity index is 2860. The van der Waals surface area contributed by atoms with Gasteiger partial charge in [-0.1, -0.05) is 84.9 Å².